The predicted molar refractivity (Wildman–Crippen MR) is 63.0 cm³/mol. The molecule has 0 aromatic carbocycles. The van der Waals surface area contributed by atoms with Crippen LogP contribution in [-0.4, -0.2) is 28.3 Å². The van der Waals surface area contributed by atoms with Gasteiger partial charge in [0.05, 0.1) is 23.7 Å². The van der Waals surface area contributed by atoms with Gasteiger partial charge in [0.2, 0.25) is 5.88 Å². The third kappa shape index (κ3) is 1.99. The molecular weight excluding hydrogens is 222 g/mol. The van der Waals surface area contributed by atoms with E-state index in [0.29, 0.717) is 18.1 Å². The molecule has 0 aliphatic heterocycles. The van der Waals surface area contributed by atoms with Crippen LogP contribution in [0, 0.1) is 0 Å². The van der Waals surface area contributed by atoms with Crippen LogP contribution in [-0.2, 0) is 6.42 Å². The Morgan fingerprint density at radius 2 is 2.41 bits per heavy atom. The van der Waals surface area contributed by atoms with E-state index in [-0.39, 0.29) is 0 Å². The monoisotopic (exact) mass is 235 g/mol. The second-order valence-corrected chi connectivity index (χ2v) is 3.45. The molecule has 2 heterocycles. The molecule has 17 heavy (non-hydrogen) atoms. The Balaban J connectivity index is 2.59. The Morgan fingerprint density at radius 3 is 3.00 bits per heavy atom. The van der Waals surface area contributed by atoms with Crippen molar-refractivity contribution < 1.29 is 9.53 Å². The van der Waals surface area contributed by atoms with Crippen molar-refractivity contribution in [1.29, 1.82) is 0 Å². The SMILES string of the molecule is CCc1nc(NC(N)=O)cc2[nH]nc(OC)c12. The van der Waals surface area contributed by atoms with E-state index in [2.05, 4.69) is 20.5 Å². The summed E-state index contributed by atoms with van der Waals surface area (Å²) in [5, 5.41) is 10.1. The number of aryl methyl sites for hydroxylation is 1. The molecule has 2 rings (SSSR count). The second-order valence-electron chi connectivity index (χ2n) is 3.45. The fraction of sp³-hybridized carbons (Fsp3) is 0.300. The Bertz CT molecular complexity index is 563. The zero-order valence-electron chi connectivity index (χ0n) is 9.57. The first-order chi connectivity index (χ1) is 8.15. The van der Waals surface area contributed by atoms with Crippen molar-refractivity contribution in [1.82, 2.24) is 15.2 Å². The number of carbonyl (C=O) groups excluding carboxylic acids is 1. The topological polar surface area (TPSA) is 106 Å². The summed E-state index contributed by atoms with van der Waals surface area (Å²) in [5.41, 5.74) is 6.59. The first kappa shape index (κ1) is 11.2. The summed E-state index contributed by atoms with van der Waals surface area (Å²) < 4.78 is 5.14. The van der Waals surface area contributed by atoms with Gasteiger partial charge in [-0.3, -0.25) is 10.4 Å². The number of ether oxygens (including phenoxy) is 1. The molecule has 0 spiro atoms. The third-order valence-corrected chi connectivity index (χ3v) is 2.37. The number of primary amides is 1. The van der Waals surface area contributed by atoms with Gasteiger partial charge in [0.15, 0.2) is 0 Å². The Kier molecular flexibility index (Phi) is 2.82. The van der Waals surface area contributed by atoms with Crippen LogP contribution in [0.1, 0.15) is 12.6 Å². The Hall–Kier alpha value is -2.31. The molecule has 0 unspecified atom stereocenters. The highest BCUT2D eigenvalue weighted by atomic mass is 16.5. The largest absolute Gasteiger partial charge is 0.479 e. The summed E-state index contributed by atoms with van der Waals surface area (Å²) in [7, 11) is 1.55. The van der Waals surface area contributed by atoms with E-state index in [1.807, 2.05) is 6.92 Å². The molecular formula is C10H13N5O2. The van der Waals surface area contributed by atoms with Gasteiger partial charge in [0, 0.05) is 6.07 Å². The van der Waals surface area contributed by atoms with Crippen LogP contribution in [0.2, 0.25) is 0 Å². The maximum atomic E-state index is 10.8. The van der Waals surface area contributed by atoms with Crippen molar-refractivity contribution in [2.24, 2.45) is 5.73 Å². The summed E-state index contributed by atoms with van der Waals surface area (Å²) in [6, 6.07) is 1.01. The van der Waals surface area contributed by atoms with Crippen LogP contribution < -0.4 is 15.8 Å². The quantitative estimate of drug-likeness (QED) is 0.738. The van der Waals surface area contributed by atoms with Crippen LogP contribution in [0.25, 0.3) is 10.9 Å². The summed E-state index contributed by atoms with van der Waals surface area (Å²) in [6.45, 7) is 1.96. The number of hydrogen-bond donors (Lipinski definition) is 3. The molecule has 0 aliphatic carbocycles. The summed E-state index contributed by atoms with van der Waals surface area (Å²) in [4.78, 5) is 15.1. The van der Waals surface area contributed by atoms with Crippen LogP contribution in [0.3, 0.4) is 0 Å². The number of amides is 2. The van der Waals surface area contributed by atoms with Gasteiger partial charge in [-0.25, -0.2) is 9.78 Å². The zero-order valence-corrected chi connectivity index (χ0v) is 9.57. The molecule has 2 aromatic rings. The van der Waals surface area contributed by atoms with E-state index in [9.17, 15) is 4.79 Å². The van der Waals surface area contributed by atoms with E-state index in [0.717, 1.165) is 16.6 Å². The number of nitrogens with zero attached hydrogens (tertiary/aromatic N) is 2. The maximum Gasteiger partial charge on any atom is 0.317 e. The normalized spacial score (nSPS) is 10.5. The first-order valence-electron chi connectivity index (χ1n) is 5.14. The van der Waals surface area contributed by atoms with Crippen molar-refractivity contribution in [2.45, 2.75) is 13.3 Å². The third-order valence-electron chi connectivity index (χ3n) is 2.37. The number of H-pyrrole nitrogens is 1. The molecule has 0 aliphatic rings. The minimum absolute atomic E-state index is 0.396. The molecule has 0 radical (unpaired) electrons. The van der Waals surface area contributed by atoms with Crippen molar-refractivity contribution in [2.75, 3.05) is 12.4 Å². The summed E-state index contributed by atoms with van der Waals surface area (Å²) in [5.74, 6) is 0.892. The highest BCUT2D eigenvalue weighted by Crippen LogP contribution is 2.27. The number of pyridine rings is 1. The molecule has 2 aromatic heterocycles. The van der Waals surface area contributed by atoms with Gasteiger partial charge in [-0.15, -0.1) is 5.10 Å². The molecule has 4 N–H and O–H groups in total. The fourth-order valence-electron chi connectivity index (χ4n) is 1.69. The number of anilines is 1. The fourth-order valence-corrected chi connectivity index (χ4v) is 1.69. The number of hydrogen-bond acceptors (Lipinski definition) is 4. The number of nitrogens with two attached hydrogens (primary N) is 1. The minimum atomic E-state index is -0.648. The Morgan fingerprint density at radius 1 is 1.65 bits per heavy atom. The molecule has 2 amide bonds. The van der Waals surface area contributed by atoms with Gasteiger partial charge in [-0.2, -0.15) is 0 Å². The van der Waals surface area contributed by atoms with Crippen LogP contribution in [0.5, 0.6) is 5.88 Å². The first-order valence-corrected chi connectivity index (χ1v) is 5.14. The number of urea groups is 1. The van der Waals surface area contributed by atoms with Crippen LogP contribution in [0.4, 0.5) is 10.6 Å². The second kappa shape index (κ2) is 4.28. The number of rotatable bonds is 3. The standard InChI is InChI=1S/C10H13N5O2/c1-3-5-8-6(14-15-9(8)17-2)4-7(12-5)13-10(11)16/h4H,3H2,1-2H3,(H,14,15)(H3,11,12,13,16). The predicted octanol–water partition coefficient (Wildman–Crippen LogP) is 1.02. The molecule has 0 fully saturated rings. The molecule has 0 saturated carbocycles. The Labute approximate surface area is 97.4 Å². The molecule has 0 atom stereocenters. The lowest BCUT2D eigenvalue weighted by molar-refractivity contribution is 0.259. The molecule has 0 bridgehead atoms. The molecule has 7 heteroatoms. The van der Waals surface area contributed by atoms with Crippen molar-refractivity contribution in [3.63, 3.8) is 0 Å². The smallest absolute Gasteiger partial charge is 0.317 e. The zero-order chi connectivity index (χ0) is 12.4. The number of aromatic amines is 1. The summed E-state index contributed by atoms with van der Waals surface area (Å²) >= 11 is 0. The lowest BCUT2D eigenvalue weighted by Gasteiger charge is -2.05. The molecule has 0 saturated heterocycles. The van der Waals surface area contributed by atoms with E-state index >= 15 is 0 Å². The highest BCUT2D eigenvalue weighted by Gasteiger charge is 2.13. The van der Waals surface area contributed by atoms with E-state index in [1.165, 1.54) is 0 Å². The average Bonchev–Trinajstić information content (AvgIpc) is 2.70. The highest BCUT2D eigenvalue weighted by molar-refractivity contribution is 5.92. The lowest BCUT2D eigenvalue weighted by atomic mass is 10.2. The van der Waals surface area contributed by atoms with Gasteiger partial charge >= 0.3 is 6.03 Å². The number of aromatic nitrogens is 3. The van der Waals surface area contributed by atoms with Crippen molar-refractivity contribution >= 4 is 22.8 Å². The van der Waals surface area contributed by atoms with Crippen LogP contribution >= 0.6 is 0 Å². The molecule has 7 nitrogen and oxygen atoms in total. The number of methoxy groups -OCH3 is 1. The lowest BCUT2D eigenvalue weighted by Crippen LogP contribution is -2.20. The number of nitrogens with one attached hydrogen (secondary N) is 2. The van der Waals surface area contributed by atoms with Gasteiger partial charge in [-0.05, 0) is 6.42 Å². The van der Waals surface area contributed by atoms with Crippen molar-refractivity contribution in [3.8, 4) is 5.88 Å². The van der Waals surface area contributed by atoms with Gasteiger partial charge in [0.1, 0.15) is 5.82 Å². The van der Waals surface area contributed by atoms with Gasteiger partial charge < -0.3 is 10.5 Å². The number of fused-ring (bicyclic) bond motifs is 1. The van der Waals surface area contributed by atoms with Gasteiger partial charge in [0.25, 0.3) is 0 Å². The van der Waals surface area contributed by atoms with Gasteiger partial charge in [-0.1, -0.05) is 6.92 Å². The van der Waals surface area contributed by atoms with E-state index in [1.54, 1.807) is 13.2 Å². The average molecular weight is 235 g/mol. The number of carbonyl (C=O) groups is 1. The van der Waals surface area contributed by atoms with E-state index in [4.69, 9.17) is 10.5 Å². The van der Waals surface area contributed by atoms with Crippen molar-refractivity contribution in [3.05, 3.63) is 11.8 Å². The van der Waals surface area contributed by atoms with Crippen LogP contribution in [0.15, 0.2) is 6.07 Å². The molecule has 90 valence electrons. The van der Waals surface area contributed by atoms with E-state index < -0.39 is 6.03 Å². The maximum absolute atomic E-state index is 10.8. The summed E-state index contributed by atoms with van der Waals surface area (Å²) in [6.07, 6.45) is 0.695. The minimum Gasteiger partial charge on any atom is -0.479 e.